The van der Waals surface area contributed by atoms with Gasteiger partial charge in [-0.2, -0.15) is 0 Å². The third-order valence-electron chi connectivity index (χ3n) is 4.01. The molecule has 0 aliphatic carbocycles. The molecule has 0 radical (unpaired) electrons. The minimum atomic E-state index is -0.251. The number of hydrogen-bond donors (Lipinski definition) is 2. The average Bonchev–Trinajstić information content (AvgIpc) is 3.02. The highest BCUT2D eigenvalue weighted by Crippen LogP contribution is 2.22. The fraction of sp³-hybridized carbons (Fsp3) is 0.250. The van der Waals surface area contributed by atoms with E-state index in [4.69, 9.17) is 0 Å². The Labute approximate surface area is 172 Å². The number of anilines is 1. The molecule has 0 saturated carbocycles. The molecule has 1 aliphatic rings. The summed E-state index contributed by atoms with van der Waals surface area (Å²) in [4.78, 5) is 37.7. The third-order valence-corrected chi connectivity index (χ3v) is 5.97. The van der Waals surface area contributed by atoms with E-state index in [1.807, 2.05) is 18.2 Å². The zero-order valence-electron chi connectivity index (χ0n) is 15.2. The second-order valence-electron chi connectivity index (χ2n) is 6.13. The van der Waals surface area contributed by atoms with Crippen LogP contribution in [-0.2, 0) is 11.3 Å². The number of carbonyl (C=O) groups excluding carboxylic acids is 3. The van der Waals surface area contributed by atoms with Gasteiger partial charge in [0.25, 0.3) is 5.24 Å². The molecule has 6 nitrogen and oxygen atoms in total. The number of nitrogens with one attached hydrogen (secondary N) is 2. The quantitative estimate of drug-likeness (QED) is 0.499. The molecule has 4 amide bonds. The van der Waals surface area contributed by atoms with Crippen LogP contribution in [0.2, 0.25) is 0 Å². The summed E-state index contributed by atoms with van der Waals surface area (Å²) in [7, 11) is 0. The third kappa shape index (κ3) is 6.03. The first-order valence-corrected chi connectivity index (χ1v) is 10.9. The molecular formula is C20H21N3O3S2. The zero-order valence-corrected chi connectivity index (χ0v) is 16.9. The van der Waals surface area contributed by atoms with Gasteiger partial charge in [0.15, 0.2) is 0 Å². The van der Waals surface area contributed by atoms with Crippen molar-refractivity contribution in [3.8, 4) is 0 Å². The fourth-order valence-corrected chi connectivity index (χ4v) is 4.16. The van der Waals surface area contributed by atoms with E-state index in [9.17, 15) is 14.4 Å². The Morgan fingerprint density at radius 1 is 1.07 bits per heavy atom. The van der Waals surface area contributed by atoms with Crippen LogP contribution >= 0.6 is 23.5 Å². The SMILES string of the molecule is O=C(NCCCSc1ccccc1)Nc1ccc(CN2C(=O)CSC2=O)cc1. The molecule has 2 aromatic rings. The summed E-state index contributed by atoms with van der Waals surface area (Å²) in [5.41, 5.74) is 1.50. The van der Waals surface area contributed by atoms with Gasteiger partial charge < -0.3 is 10.6 Å². The molecule has 0 aromatic heterocycles. The molecule has 3 rings (SSSR count). The van der Waals surface area contributed by atoms with E-state index < -0.39 is 0 Å². The lowest BCUT2D eigenvalue weighted by Gasteiger charge is -2.13. The highest BCUT2D eigenvalue weighted by Gasteiger charge is 2.29. The molecule has 2 N–H and O–H groups in total. The van der Waals surface area contributed by atoms with Crippen molar-refractivity contribution in [2.24, 2.45) is 0 Å². The highest BCUT2D eigenvalue weighted by atomic mass is 32.2. The largest absolute Gasteiger partial charge is 0.338 e. The number of imide groups is 1. The van der Waals surface area contributed by atoms with Crippen LogP contribution < -0.4 is 10.6 Å². The van der Waals surface area contributed by atoms with Crippen molar-refractivity contribution in [2.45, 2.75) is 17.9 Å². The second kappa shape index (κ2) is 10.2. The van der Waals surface area contributed by atoms with Crippen molar-refractivity contribution in [3.63, 3.8) is 0 Å². The predicted molar refractivity (Wildman–Crippen MR) is 114 cm³/mol. The van der Waals surface area contributed by atoms with Gasteiger partial charge in [-0.15, -0.1) is 11.8 Å². The van der Waals surface area contributed by atoms with E-state index in [0.717, 1.165) is 29.5 Å². The van der Waals surface area contributed by atoms with Crippen LogP contribution in [0.3, 0.4) is 0 Å². The van der Waals surface area contributed by atoms with Crippen molar-refractivity contribution >= 4 is 46.4 Å². The number of rotatable bonds is 8. The maximum absolute atomic E-state index is 12.0. The molecule has 0 spiro atoms. The summed E-state index contributed by atoms with van der Waals surface area (Å²) in [6.45, 7) is 0.858. The number of urea groups is 1. The summed E-state index contributed by atoms with van der Waals surface area (Å²) in [6.07, 6.45) is 0.877. The van der Waals surface area contributed by atoms with Gasteiger partial charge >= 0.3 is 6.03 Å². The van der Waals surface area contributed by atoms with Gasteiger partial charge in [-0.05, 0) is 42.0 Å². The Balaban J connectivity index is 1.36. The normalized spacial score (nSPS) is 13.6. The first-order valence-electron chi connectivity index (χ1n) is 8.90. The van der Waals surface area contributed by atoms with Crippen molar-refractivity contribution in [1.82, 2.24) is 10.2 Å². The van der Waals surface area contributed by atoms with Crippen LogP contribution in [0.4, 0.5) is 15.3 Å². The molecule has 1 heterocycles. The van der Waals surface area contributed by atoms with Crippen LogP contribution in [0, 0.1) is 0 Å². The molecule has 1 saturated heterocycles. The molecule has 1 aliphatic heterocycles. The Hall–Kier alpha value is -2.45. The maximum Gasteiger partial charge on any atom is 0.319 e. The average molecular weight is 416 g/mol. The lowest BCUT2D eigenvalue weighted by Crippen LogP contribution is -2.30. The van der Waals surface area contributed by atoms with Crippen molar-refractivity contribution in [1.29, 1.82) is 0 Å². The molecule has 28 heavy (non-hydrogen) atoms. The number of carbonyl (C=O) groups is 3. The van der Waals surface area contributed by atoms with Gasteiger partial charge in [-0.3, -0.25) is 14.5 Å². The van der Waals surface area contributed by atoms with E-state index in [1.165, 1.54) is 9.80 Å². The summed E-state index contributed by atoms with van der Waals surface area (Å²) in [6, 6.07) is 17.0. The molecule has 0 bridgehead atoms. The number of amides is 4. The summed E-state index contributed by atoms with van der Waals surface area (Å²) in [5, 5.41) is 5.41. The Bertz CT molecular complexity index is 812. The molecule has 0 atom stereocenters. The van der Waals surface area contributed by atoms with Gasteiger partial charge in [-0.1, -0.05) is 42.1 Å². The van der Waals surface area contributed by atoms with Gasteiger partial charge in [0.05, 0.1) is 12.3 Å². The number of nitrogens with zero attached hydrogens (tertiary/aromatic N) is 1. The van der Waals surface area contributed by atoms with Crippen LogP contribution in [0.1, 0.15) is 12.0 Å². The Kier molecular flexibility index (Phi) is 7.39. The first-order chi connectivity index (χ1) is 13.6. The van der Waals surface area contributed by atoms with Crippen LogP contribution in [0.5, 0.6) is 0 Å². The minimum Gasteiger partial charge on any atom is -0.338 e. The number of benzene rings is 2. The van der Waals surface area contributed by atoms with E-state index >= 15 is 0 Å². The van der Waals surface area contributed by atoms with Crippen LogP contribution in [-0.4, -0.2) is 40.1 Å². The van der Waals surface area contributed by atoms with Gasteiger partial charge in [-0.25, -0.2) is 4.79 Å². The molecule has 1 fully saturated rings. The molecule has 146 valence electrons. The van der Waals surface area contributed by atoms with E-state index in [-0.39, 0.29) is 29.5 Å². The van der Waals surface area contributed by atoms with Crippen LogP contribution in [0.15, 0.2) is 59.5 Å². The van der Waals surface area contributed by atoms with Crippen molar-refractivity contribution < 1.29 is 14.4 Å². The number of hydrogen-bond acceptors (Lipinski definition) is 5. The predicted octanol–water partition coefficient (Wildman–Crippen LogP) is 4.19. The Morgan fingerprint density at radius 2 is 1.82 bits per heavy atom. The van der Waals surface area contributed by atoms with Gasteiger partial charge in [0, 0.05) is 17.1 Å². The van der Waals surface area contributed by atoms with E-state index in [1.54, 1.807) is 36.0 Å². The lowest BCUT2D eigenvalue weighted by molar-refractivity contribution is -0.125. The van der Waals surface area contributed by atoms with Crippen LogP contribution in [0.25, 0.3) is 0 Å². The molecule has 0 unspecified atom stereocenters. The molecule has 2 aromatic carbocycles. The van der Waals surface area contributed by atoms with E-state index in [2.05, 4.69) is 22.8 Å². The topological polar surface area (TPSA) is 78.5 Å². The Morgan fingerprint density at radius 3 is 2.50 bits per heavy atom. The fourth-order valence-electron chi connectivity index (χ4n) is 2.57. The zero-order chi connectivity index (χ0) is 19.8. The van der Waals surface area contributed by atoms with Gasteiger partial charge in [0.1, 0.15) is 0 Å². The summed E-state index contributed by atoms with van der Waals surface area (Å²) in [5.74, 6) is 0.982. The first kappa shape index (κ1) is 20.3. The molecular weight excluding hydrogens is 394 g/mol. The minimum absolute atomic E-state index is 0.165. The molecule has 8 heteroatoms. The second-order valence-corrected chi connectivity index (χ2v) is 8.22. The maximum atomic E-state index is 12.0. The lowest BCUT2D eigenvalue weighted by atomic mass is 10.2. The smallest absolute Gasteiger partial charge is 0.319 e. The summed E-state index contributed by atoms with van der Waals surface area (Å²) < 4.78 is 0. The monoisotopic (exact) mass is 415 g/mol. The van der Waals surface area contributed by atoms with Gasteiger partial charge in [0.2, 0.25) is 5.91 Å². The summed E-state index contributed by atoms with van der Waals surface area (Å²) >= 11 is 2.79. The highest BCUT2D eigenvalue weighted by molar-refractivity contribution is 8.14. The van der Waals surface area contributed by atoms with Crippen molar-refractivity contribution in [2.75, 3.05) is 23.4 Å². The number of thioether (sulfide) groups is 2. The van der Waals surface area contributed by atoms with Crippen molar-refractivity contribution in [3.05, 3.63) is 60.2 Å². The van der Waals surface area contributed by atoms with E-state index in [0.29, 0.717) is 12.2 Å². The standard InChI is InChI=1S/C20H21N3O3S2/c24-18-14-28-20(26)23(18)13-15-7-9-16(10-8-15)22-19(25)21-11-4-12-27-17-5-2-1-3-6-17/h1-3,5-10H,4,11-14H2,(H2,21,22,25).